The van der Waals surface area contributed by atoms with Crippen LogP contribution in [0.25, 0.3) is 16.9 Å². The van der Waals surface area contributed by atoms with Crippen molar-refractivity contribution in [1.29, 1.82) is 0 Å². The van der Waals surface area contributed by atoms with Gasteiger partial charge < -0.3 is 19.9 Å². The molecule has 4 rings (SSSR count). The Hall–Kier alpha value is -2.29. The molecule has 8 heteroatoms. The predicted octanol–water partition coefficient (Wildman–Crippen LogP) is 3.57. The Morgan fingerprint density at radius 2 is 2.00 bits per heavy atom. The Kier molecular flexibility index (Phi) is 7.32. The highest BCUT2D eigenvalue weighted by molar-refractivity contribution is 7.99. The lowest BCUT2D eigenvalue weighted by Crippen LogP contribution is -2.44. The van der Waals surface area contributed by atoms with E-state index < -0.39 is 0 Å². The number of thioether (sulfide) groups is 1. The Bertz CT molecular complexity index is 999. The minimum atomic E-state index is 0.840. The van der Waals surface area contributed by atoms with Crippen LogP contribution in [0.4, 0.5) is 5.69 Å². The van der Waals surface area contributed by atoms with Crippen LogP contribution in [0.15, 0.2) is 41.8 Å². The van der Waals surface area contributed by atoms with Crippen molar-refractivity contribution < 1.29 is 4.74 Å². The molecule has 0 amide bonds. The number of aromatic nitrogens is 3. The Morgan fingerprint density at radius 1 is 1.16 bits per heavy atom. The maximum atomic E-state index is 5.68. The Balaban J connectivity index is 1.42. The molecule has 3 aromatic rings. The lowest BCUT2D eigenvalue weighted by atomic mass is 10.1. The third-order valence-electron chi connectivity index (χ3n) is 5.69. The summed E-state index contributed by atoms with van der Waals surface area (Å²) in [5.41, 5.74) is 3.87. The number of rotatable bonds is 9. The van der Waals surface area contributed by atoms with E-state index >= 15 is 0 Å². The van der Waals surface area contributed by atoms with Crippen LogP contribution >= 0.6 is 11.8 Å². The van der Waals surface area contributed by atoms with Gasteiger partial charge in [-0.1, -0.05) is 24.8 Å². The van der Waals surface area contributed by atoms with Gasteiger partial charge in [-0.3, -0.25) is 4.40 Å². The molecule has 0 unspecified atom stereocenters. The normalized spacial score (nSPS) is 15.5. The zero-order valence-corrected chi connectivity index (χ0v) is 19.5. The number of benzene rings is 1. The van der Waals surface area contributed by atoms with Crippen molar-refractivity contribution in [1.82, 2.24) is 24.2 Å². The van der Waals surface area contributed by atoms with Crippen molar-refractivity contribution in [3.63, 3.8) is 0 Å². The Labute approximate surface area is 188 Å². The van der Waals surface area contributed by atoms with E-state index in [0.717, 1.165) is 58.8 Å². The van der Waals surface area contributed by atoms with Gasteiger partial charge in [-0.15, -0.1) is 0 Å². The standard InChI is InChI=1S/C23H32N6OS/c1-4-31-23-26-20(17-22-25-9-11-29(22)23)18-6-7-19(21(16-18)30-3)24-8-5-10-28-14-12-27(2)13-15-28/h6-7,9,11,16-17,24H,4-5,8,10,12-15H2,1-3H3. The summed E-state index contributed by atoms with van der Waals surface area (Å²) in [5.74, 6) is 1.80. The van der Waals surface area contributed by atoms with Gasteiger partial charge in [0.1, 0.15) is 11.4 Å². The van der Waals surface area contributed by atoms with E-state index in [0.29, 0.717) is 0 Å². The van der Waals surface area contributed by atoms with Gasteiger partial charge in [0.2, 0.25) is 0 Å². The molecule has 0 bridgehead atoms. The summed E-state index contributed by atoms with van der Waals surface area (Å²) in [6, 6.07) is 8.28. The molecule has 0 aliphatic carbocycles. The zero-order valence-electron chi connectivity index (χ0n) is 18.7. The number of piperazine rings is 1. The van der Waals surface area contributed by atoms with Gasteiger partial charge in [0.05, 0.1) is 18.5 Å². The summed E-state index contributed by atoms with van der Waals surface area (Å²) in [6.07, 6.45) is 4.89. The molecular formula is C23H32N6OS. The number of imidazole rings is 1. The van der Waals surface area contributed by atoms with E-state index in [1.54, 1.807) is 18.9 Å². The molecule has 1 aliphatic rings. The molecule has 1 aromatic carbocycles. The molecule has 2 aromatic heterocycles. The van der Waals surface area contributed by atoms with Crippen molar-refractivity contribution in [2.75, 3.05) is 64.5 Å². The molecule has 0 atom stereocenters. The number of nitrogens with one attached hydrogen (secondary N) is 1. The first-order valence-electron chi connectivity index (χ1n) is 11.0. The van der Waals surface area contributed by atoms with Gasteiger partial charge in [0.25, 0.3) is 0 Å². The fraction of sp³-hybridized carbons (Fsp3) is 0.478. The van der Waals surface area contributed by atoms with Gasteiger partial charge in [-0.25, -0.2) is 9.97 Å². The second-order valence-electron chi connectivity index (χ2n) is 7.85. The van der Waals surface area contributed by atoms with E-state index in [9.17, 15) is 0 Å². The van der Waals surface area contributed by atoms with Crippen LogP contribution in [0.3, 0.4) is 0 Å². The SMILES string of the molecule is CCSc1nc(-c2ccc(NCCCN3CCN(C)CC3)c(OC)c2)cc2nccn12. The molecule has 1 N–H and O–H groups in total. The van der Waals surface area contributed by atoms with Crippen LogP contribution < -0.4 is 10.1 Å². The molecule has 3 heterocycles. The minimum Gasteiger partial charge on any atom is -0.495 e. The topological polar surface area (TPSA) is 57.9 Å². The van der Waals surface area contributed by atoms with Gasteiger partial charge in [-0.2, -0.15) is 0 Å². The second kappa shape index (κ2) is 10.3. The van der Waals surface area contributed by atoms with Gasteiger partial charge >= 0.3 is 0 Å². The largest absolute Gasteiger partial charge is 0.495 e. The maximum Gasteiger partial charge on any atom is 0.174 e. The molecule has 1 saturated heterocycles. The monoisotopic (exact) mass is 440 g/mol. The van der Waals surface area contributed by atoms with Crippen molar-refractivity contribution in [2.45, 2.75) is 18.5 Å². The highest BCUT2D eigenvalue weighted by Gasteiger charge is 2.14. The Morgan fingerprint density at radius 3 is 2.77 bits per heavy atom. The average Bonchev–Trinajstić information content (AvgIpc) is 3.27. The minimum absolute atomic E-state index is 0.840. The first-order valence-corrected chi connectivity index (χ1v) is 12.0. The van der Waals surface area contributed by atoms with Gasteiger partial charge in [0, 0.05) is 56.7 Å². The maximum absolute atomic E-state index is 5.68. The van der Waals surface area contributed by atoms with E-state index in [1.807, 2.05) is 22.9 Å². The number of ether oxygens (including phenoxy) is 1. The number of fused-ring (bicyclic) bond motifs is 1. The first-order chi connectivity index (χ1) is 15.2. The second-order valence-corrected chi connectivity index (χ2v) is 9.08. The predicted molar refractivity (Wildman–Crippen MR) is 128 cm³/mol. The van der Waals surface area contributed by atoms with Crippen molar-refractivity contribution in [3.8, 4) is 17.0 Å². The van der Waals surface area contributed by atoms with E-state index in [-0.39, 0.29) is 0 Å². The van der Waals surface area contributed by atoms with Crippen molar-refractivity contribution in [3.05, 3.63) is 36.7 Å². The smallest absolute Gasteiger partial charge is 0.174 e. The molecular weight excluding hydrogens is 408 g/mol. The fourth-order valence-electron chi connectivity index (χ4n) is 3.87. The molecule has 7 nitrogen and oxygen atoms in total. The molecule has 31 heavy (non-hydrogen) atoms. The summed E-state index contributed by atoms with van der Waals surface area (Å²) in [5, 5.41) is 4.50. The molecule has 0 radical (unpaired) electrons. The van der Waals surface area contributed by atoms with Crippen LogP contribution in [0.1, 0.15) is 13.3 Å². The third-order valence-corrected chi connectivity index (χ3v) is 6.53. The zero-order chi connectivity index (χ0) is 21.6. The number of hydrogen-bond donors (Lipinski definition) is 1. The number of methoxy groups -OCH3 is 1. The summed E-state index contributed by atoms with van der Waals surface area (Å²) in [6.45, 7) is 8.86. The lowest BCUT2D eigenvalue weighted by molar-refractivity contribution is 0.154. The molecule has 0 saturated carbocycles. The van der Waals surface area contributed by atoms with E-state index in [1.165, 1.54) is 26.2 Å². The molecule has 166 valence electrons. The lowest BCUT2D eigenvalue weighted by Gasteiger charge is -2.32. The summed E-state index contributed by atoms with van der Waals surface area (Å²) in [7, 11) is 3.92. The van der Waals surface area contributed by atoms with Crippen molar-refractivity contribution >= 4 is 23.1 Å². The average molecular weight is 441 g/mol. The highest BCUT2D eigenvalue weighted by atomic mass is 32.2. The van der Waals surface area contributed by atoms with Gasteiger partial charge in [-0.05, 0) is 37.9 Å². The quantitative estimate of drug-likeness (QED) is 0.310. The summed E-state index contributed by atoms with van der Waals surface area (Å²) in [4.78, 5) is 14.3. The number of anilines is 1. The highest BCUT2D eigenvalue weighted by Crippen LogP contribution is 2.31. The number of nitrogens with zero attached hydrogens (tertiary/aromatic N) is 5. The third kappa shape index (κ3) is 5.31. The van der Waals surface area contributed by atoms with E-state index in [4.69, 9.17) is 9.72 Å². The van der Waals surface area contributed by atoms with Crippen LogP contribution in [0, 0.1) is 0 Å². The molecule has 0 spiro atoms. The van der Waals surface area contributed by atoms with Crippen molar-refractivity contribution in [2.24, 2.45) is 0 Å². The molecule has 1 fully saturated rings. The van der Waals surface area contributed by atoms with Crippen LogP contribution in [0.5, 0.6) is 5.75 Å². The number of hydrogen-bond acceptors (Lipinski definition) is 7. The van der Waals surface area contributed by atoms with E-state index in [2.05, 4.69) is 52.3 Å². The van der Waals surface area contributed by atoms with Crippen LogP contribution in [-0.4, -0.2) is 83.3 Å². The van der Waals surface area contributed by atoms with Gasteiger partial charge in [0.15, 0.2) is 5.16 Å². The fourth-order valence-corrected chi connectivity index (χ4v) is 4.58. The summed E-state index contributed by atoms with van der Waals surface area (Å²) >= 11 is 1.72. The molecule has 1 aliphatic heterocycles. The first kappa shape index (κ1) is 21.9. The van der Waals surface area contributed by atoms with Crippen LogP contribution in [-0.2, 0) is 0 Å². The number of likely N-dealkylation sites (N-methyl/N-ethyl adjacent to an activating group) is 1. The summed E-state index contributed by atoms with van der Waals surface area (Å²) < 4.78 is 7.72. The van der Waals surface area contributed by atoms with Crippen LogP contribution in [0.2, 0.25) is 0 Å².